The van der Waals surface area contributed by atoms with Gasteiger partial charge in [-0.2, -0.15) is 0 Å². The van der Waals surface area contributed by atoms with E-state index in [2.05, 4.69) is 38.7 Å². The zero-order valence-corrected chi connectivity index (χ0v) is 11.8. The van der Waals surface area contributed by atoms with Crippen molar-refractivity contribution in [2.75, 3.05) is 11.4 Å². The predicted molar refractivity (Wildman–Crippen MR) is 74.9 cm³/mol. The third-order valence-electron chi connectivity index (χ3n) is 3.94. The molecule has 2 rings (SSSR count). The Bertz CT molecular complexity index is 417. The van der Waals surface area contributed by atoms with Gasteiger partial charge in [-0.25, -0.2) is 0 Å². The third kappa shape index (κ3) is 2.04. The van der Waals surface area contributed by atoms with Crippen molar-refractivity contribution in [2.45, 2.75) is 45.7 Å². The molecule has 0 aromatic heterocycles. The SMILES string of the molecule is Cc1cc(C)c(N2CCC(N)C2(C)C)c(Cl)c1. The fourth-order valence-electron chi connectivity index (χ4n) is 2.76. The molecule has 1 aromatic rings. The van der Waals surface area contributed by atoms with Gasteiger partial charge in [-0.3, -0.25) is 0 Å². The molecule has 0 spiro atoms. The van der Waals surface area contributed by atoms with Gasteiger partial charge in [-0.15, -0.1) is 0 Å². The maximum absolute atomic E-state index is 6.41. The molecule has 1 aliphatic rings. The lowest BCUT2D eigenvalue weighted by molar-refractivity contribution is 0.453. The first-order chi connectivity index (χ1) is 7.84. The van der Waals surface area contributed by atoms with Crippen LogP contribution in [0.2, 0.25) is 5.02 Å². The second-order valence-corrected chi connectivity index (χ2v) is 6.02. The van der Waals surface area contributed by atoms with Crippen molar-refractivity contribution in [3.05, 3.63) is 28.3 Å². The van der Waals surface area contributed by atoms with E-state index in [-0.39, 0.29) is 11.6 Å². The third-order valence-corrected chi connectivity index (χ3v) is 4.22. The van der Waals surface area contributed by atoms with Crippen LogP contribution in [-0.4, -0.2) is 18.1 Å². The number of benzene rings is 1. The van der Waals surface area contributed by atoms with Gasteiger partial charge in [0.1, 0.15) is 0 Å². The zero-order chi connectivity index (χ0) is 12.8. The molecule has 2 N–H and O–H groups in total. The van der Waals surface area contributed by atoms with Crippen LogP contribution in [0.25, 0.3) is 0 Å². The number of aryl methyl sites for hydroxylation is 2. The average molecular weight is 253 g/mol. The summed E-state index contributed by atoms with van der Waals surface area (Å²) in [6, 6.07) is 4.42. The molecule has 0 radical (unpaired) electrons. The number of rotatable bonds is 1. The van der Waals surface area contributed by atoms with E-state index in [4.69, 9.17) is 17.3 Å². The first-order valence-corrected chi connectivity index (χ1v) is 6.52. The maximum Gasteiger partial charge on any atom is 0.0645 e. The summed E-state index contributed by atoms with van der Waals surface area (Å²) in [5.41, 5.74) is 9.75. The van der Waals surface area contributed by atoms with Gasteiger partial charge in [0.2, 0.25) is 0 Å². The summed E-state index contributed by atoms with van der Waals surface area (Å²) < 4.78 is 0. The van der Waals surface area contributed by atoms with Crippen molar-refractivity contribution in [1.29, 1.82) is 0 Å². The summed E-state index contributed by atoms with van der Waals surface area (Å²) in [4.78, 5) is 2.36. The maximum atomic E-state index is 6.41. The van der Waals surface area contributed by atoms with Crippen molar-refractivity contribution in [3.63, 3.8) is 0 Å². The van der Waals surface area contributed by atoms with Gasteiger partial charge in [-0.05, 0) is 51.3 Å². The van der Waals surface area contributed by atoms with Crippen LogP contribution in [0, 0.1) is 13.8 Å². The van der Waals surface area contributed by atoms with E-state index in [1.54, 1.807) is 0 Å². The monoisotopic (exact) mass is 252 g/mol. The van der Waals surface area contributed by atoms with E-state index >= 15 is 0 Å². The zero-order valence-electron chi connectivity index (χ0n) is 11.0. The molecule has 3 heteroatoms. The number of hydrogen-bond donors (Lipinski definition) is 1. The van der Waals surface area contributed by atoms with E-state index in [0.29, 0.717) is 0 Å². The van der Waals surface area contributed by atoms with Crippen LogP contribution < -0.4 is 10.6 Å². The molecule has 1 heterocycles. The quantitative estimate of drug-likeness (QED) is 0.831. The van der Waals surface area contributed by atoms with Crippen LogP contribution in [0.5, 0.6) is 0 Å². The number of nitrogens with zero attached hydrogens (tertiary/aromatic N) is 1. The summed E-state index contributed by atoms with van der Waals surface area (Å²) in [7, 11) is 0. The van der Waals surface area contributed by atoms with Gasteiger partial charge in [0.25, 0.3) is 0 Å². The van der Waals surface area contributed by atoms with Crippen LogP contribution in [0.4, 0.5) is 5.69 Å². The van der Waals surface area contributed by atoms with Crippen molar-refractivity contribution in [2.24, 2.45) is 5.73 Å². The highest BCUT2D eigenvalue weighted by Crippen LogP contribution is 2.39. The molecule has 1 aliphatic heterocycles. The van der Waals surface area contributed by atoms with Crippen LogP contribution in [-0.2, 0) is 0 Å². The topological polar surface area (TPSA) is 29.3 Å². The summed E-state index contributed by atoms with van der Waals surface area (Å²) in [5.74, 6) is 0. The minimum atomic E-state index is -0.0241. The lowest BCUT2D eigenvalue weighted by Gasteiger charge is -2.37. The molecule has 1 aromatic carbocycles. The minimum Gasteiger partial charge on any atom is -0.363 e. The first-order valence-electron chi connectivity index (χ1n) is 6.14. The Kier molecular flexibility index (Phi) is 3.13. The van der Waals surface area contributed by atoms with Crippen LogP contribution in [0.15, 0.2) is 12.1 Å². The smallest absolute Gasteiger partial charge is 0.0645 e. The Hall–Kier alpha value is -0.730. The normalized spacial score (nSPS) is 23.2. The average Bonchev–Trinajstić information content (AvgIpc) is 2.43. The highest BCUT2D eigenvalue weighted by Gasteiger charge is 2.40. The minimum absolute atomic E-state index is 0.0241. The van der Waals surface area contributed by atoms with Gasteiger partial charge in [0.05, 0.1) is 10.7 Å². The molecular formula is C14H21ClN2. The van der Waals surface area contributed by atoms with Crippen LogP contribution in [0.1, 0.15) is 31.4 Å². The predicted octanol–water partition coefficient (Wildman–Crippen LogP) is 3.27. The number of nitrogens with two attached hydrogens (primary N) is 1. The second kappa shape index (κ2) is 4.18. The van der Waals surface area contributed by atoms with Crippen LogP contribution >= 0.6 is 11.6 Å². The molecule has 1 saturated heterocycles. The molecule has 2 nitrogen and oxygen atoms in total. The second-order valence-electron chi connectivity index (χ2n) is 5.61. The first kappa shape index (κ1) is 12.7. The highest BCUT2D eigenvalue weighted by atomic mass is 35.5. The molecule has 1 unspecified atom stereocenters. The summed E-state index contributed by atoms with van der Waals surface area (Å²) in [6.45, 7) is 9.57. The largest absolute Gasteiger partial charge is 0.363 e. The number of halogens is 1. The molecule has 0 amide bonds. The van der Waals surface area contributed by atoms with E-state index < -0.39 is 0 Å². The van der Waals surface area contributed by atoms with E-state index in [9.17, 15) is 0 Å². The van der Waals surface area contributed by atoms with E-state index in [0.717, 1.165) is 23.7 Å². The van der Waals surface area contributed by atoms with Crippen molar-refractivity contribution >= 4 is 17.3 Å². The summed E-state index contributed by atoms with van der Waals surface area (Å²) in [5, 5.41) is 0.838. The fourth-order valence-corrected chi connectivity index (χ4v) is 3.18. The molecule has 94 valence electrons. The molecule has 0 bridgehead atoms. The van der Waals surface area contributed by atoms with Crippen molar-refractivity contribution < 1.29 is 0 Å². The Balaban J connectivity index is 2.49. The molecular weight excluding hydrogens is 232 g/mol. The Morgan fingerprint density at radius 3 is 2.47 bits per heavy atom. The molecule has 1 atom stereocenters. The Morgan fingerprint density at radius 1 is 1.35 bits per heavy atom. The molecule has 0 aliphatic carbocycles. The van der Waals surface area contributed by atoms with Crippen molar-refractivity contribution in [3.8, 4) is 0 Å². The molecule has 17 heavy (non-hydrogen) atoms. The van der Waals surface area contributed by atoms with E-state index in [1.807, 2.05) is 6.07 Å². The number of anilines is 1. The van der Waals surface area contributed by atoms with E-state index in [1.165, 1.54) is 11.1 Å². The molecule has 1 fully saturated rings. The fraction of sp³-hybridized carbons (Fsp3) is 0.571. The van der Waals surface area contributed by atoms with Gasteiger partial charge in [0.15, 0.2) is 0 Å². The summed E-state index contributed by atoms with van der Waals surface area (Å²) >= 11 is 6.41. The highest BCUT2D eigenvalue weighted by molar-refractivity contribution is 6.33. The Labute approximate surface area is 109 Å². The molecule has 0 saturated carbocycles. The van der Waals surface area contributed by atoms with Gasteiger partial charge in [-0.1, -0.05) is 17.7 Å². The standard InChI is InChI=1S/C14H21ClN2/c1-9-7-10(2)13(11(15)8-9)17-6-5-12(16)14(17,3)4/h7-8,12H,5-6,16H2,1-4H3. The van der Waals surface area contributed by atoms with Gasteiger partial charge >= 0.3 is 0 Å². The number of hydrogen-bond acceptors (Lipinski definition) is 2. The van der Waals surface area contributed by atoms with Crippen molar-refractivity contribution in [1.82, 2.24) is 0 Å². The van der Waals surface area contributed by atoms with Gasteiger partial charge < -0.3 is 10.6 Å². The summed E-state index contributed by atoms with van der Waals surface area (Å²) in [6.07, 6.45) is 1.02. The Morgan fingerprint density at radius 2 is 2.00 bits per heavy atom. The van der Waals surface area contributed by atoms with Crippen LogP contribution in [0.3, 0.4) is 0 Å². The lowest BCUT2D eigenvalue weighted by Crippen LogP contribution is -2.49. The van der Waals surface area contributed by atoms with Gasteiger partial charge in [0, 0.05) is 18.1 Å². The lowest BCUT2D eigenvalue weighted by atomic mass is 9.95.